The Kier molecular flexibility index (Phi) is 9.01. The molecule has 0 aromatic carbocycles. The standard InChI is InChI=1S/C15H31N3O3/c1-6-9-15(10-7-2,13(16)17-20)14(19)18(8-3)12(4)11-21-5/h12,20H,6-11H2,1-5H3,(H2,16,17). The summed E-state index contributed by atoms with van der Waals surface area (Å²) in [4.78, 5) is 14.8. The van der Waals surface area contributed by atoms with E-state index >= 15 is 0 Å². The molecule has 0 aliphatic rings. The Morgan fingerprint density at radius 3 is 2.19 bits per heavy atom. The number of rotatable bonds is 10. The summed E-state index contributed by atoms with van der Waals surface area (Å²) in [6.07, 6.45) is 2.73. The molecule has 21 heavy (non-hydrogen) atoms. The monoisotopic (exact) mass is 301 g/mol. The van der Waals surface area contributed by atoms with Crippen LogP contribution in [-0.2, 0) is 9.53 Å². The first-order valence-electron chi connectivity index (χ1n) is 7.73. The number of nitrogens with two attached hydrogens (primary N) is 1. The summed E-state index contributed by atoms with van der Waals surface area (Å²) >= 11 is 0. The van der Waals surface area contributed by atoms with Gasteiger partial charge in [-0.1, -0.05) is 31.8 Å². The molecule has 0 fully saturated rings. The third-order valence-electron chi connectivity index (χ3n) is 3.90. The number of carbonyl (C=O) groups is 1. The number of carbonyl (C=O) groups excluding carboxylic acids is 1. The van der Waals surface area contributed by atoms with E-state index in [1.54, 1.807) is 12.0 Å². The molecule has 0 spiro atoms. The molecule has 1 unspecified atom stereocenters. The van der Waals surface area contributed by atoms with Crippen molar-refractivity contribution in [3.8, 4) is 0 Å². The summed E-state index contributed by atoms with van der Waals surface area (Å²) in [6.45, 7) is 8.90. The van der Waals surface area contributed by atoms with Crippen LogP contribution in [0.2, 0.25) is 0 Å². The van der Waals surface area contributed by atoms with Crippen LogP contribution in [0, 0.1) is 5.41 Å². The van der Waals surface area contributed by atoms with Gasteiger partial charge in [-0.05, 0) is 26.7 Å². The first-order valence-corrected chi connectivity index (χ1v) is 7.73. The van der Waals surface area contributed by atoms with E-state index in [4.69, 9.17) is 15.7 Å². The topological polar surface area (TPSA) is 88.2 Å². The molecule has 0 radical (unpaired) electrons. The van der Waals surface area contributed by atoms with Crippen molar-refractivity contribution in [2.24, 2.45) is 16.3 Å². The number of hydrogen-bond acceptors (Lipinski definition) is 4. The Balaban J connectivity index is 5.61. The average Bonchev–Trinajstić information content (AvgIpc) is 2.46. The lowest BCUT2D eigenvalue weighted by Gasteiger charge is -2.38. The van der Waals surface area contributed by atoms with E-state index in [0.717, 1.165) is 12.8 Å². The van der Waals surface area contributed by atoms with Gasteiger partial charge in [0.05, 0.1) is 12.6 Å². The number of likely N-dealkylation sites (N-methyl/N-ethyl adjacent to an activating group) is 1. The van der Waals surface area contributed by atoms with Crippen molar-refractivity contribution in [1.82, 2.24) is 4.90 Å². The van der Waals surface area contributed by atoms with E-state index in [0.29, 0.717) is 26.0 Å². The normalized spacial score (nSPS) is 14.0. The number of amidine groups is 1. The minimum absolute atomic E-state index is 0.0132. The highest BCUT2D eigenvalue weighted by molar-refractivity contribution is 6.06. The molecule has 0 rings (SSSR count). The van der Waals surface area contributed by atoms with Gasteiger partial charge in [-0.15, -0.1) is 0 Å². The van der Waals surface area contributed by atoms with E-state index < -0.39 is 5.41 Å². The second-order valence-corrected chi connectivity index (χ2v) is 5.46. The molecule has 0 saturated carbocycles. The number of oxime groups is 1. The fraction of sp³-hybridized carbons (Fsp3) is 0.867. The maximum Gasteiger partial charge on any atom is 0.236 e. The van der Waals surface area contributed by atoms with Crippen LogP contribution >= 0.6 is 0 Å². The summed E-state index contributed by atoms with van der Waals surface area (Å²) in [7, 11) is 1.61. The molecule has 1 atom stereocenters. The van der Waals surface area contributed by atoms with Crippen LogP contribution < -0.4 is 5.73 Å². The molecule has 0 aliphatic heterocycles. The fourth-order valence-electron chi connectivity index (χ4n) is 2.92. The van der Waals surface area contributed by atoms with Crippen LogP contribution in [0.15, 0.2) is 5.16 Å². The SMILES string of the molecule is CCCC(CCC)(C(=O)N(CC)C(C)COC)C(N)=NO. The van der Waals surface area contributed by atoms with Gasteiger partial charge < -0.3 is 20.6 Å². The molecule has 0 aromatic heterocycles. The van der Waals surface area contributed by atoms with Crippen LogP contribution in [0.25, 0.3) is 0 Å². The molecule has 0 aliphatic carbocycles. The molecule has 0 heterocycles. The minimum atomic E-state index is -0.920. The smallest absolute Gasteiger partial charge is 0.236 e. The quantitative estimate of drug-likeness (QED) is 0.280. The molecule has 1 amide bonds. The van der Waals surface area contributed by atoms with Crippen molar-refractivity contribution >= 4 is 11.7 Å². The van der Waals surface area contributed by atoms with Gasteiger partial charge in [-0.2, -0.15) is 0 Å². The number of methoxy groups -OCH3 is 1. The van der Waals surface area contributed by atoms with Crippen molar-refractivity contribution in [3.63, 3.8) is 0 Å². The van der Waals surface area contributed by atoms with Crippen molar-refractivity contribution in [2.45, 2.75) is 59.4 Å². The molecule has 6 nitrogen and oxygen atoms in total. The van der Waals surface area contributed by atoms with Crippen LogP contribution in [0.1, 0.15) is 53.4 Å². The number of amides is 1. The molecule has 0 aromatic rings. The zero-order chi connectivity index (χ0) is 16.5. The third-order valence-corrected chi connectivity index (χ3v) is 3.90. The molecule has 124 valence electrons. The highest BCUT2D eigenvalue weighted by atomic mass is 16.5. The average molecular weight is 301 g/mol. The zero-order valence-corrected chi connectivity index (χ0v) is 14.1. The molecular weight excluding hydrogens is 270 g/mol. The van der Waals surface area contributed by atoms with Gasteiger partial charge in [0.25, 0.3) is 0 Å². The lowest BCUT2D eigenvalue weighted by atomic mass is 9.76. The number of hydrogen-bond donors (Lipinski definition) is 2. The van der Waals surface area contributed by atoms with Crippen molar-refractivity contribution in [3.05, 3.63) is 0 Å². The van der Waals surface area contributed by atoms with Gasteiger partial charge in [0.1, 0.15) is 5.41 Å². The largest absolute Gasteiger partial charge is 0.409 e. The summed E-state index contributed by atoms with van der Waals surface area (Å²) in [5.74, 6) is -0.0622. The second kappa shape index (κ2) is 9.60. The summed E-state index contributed by atoms with van der Waals surface area (Å²) in [5.41, 5.74) is 4.99. The Morgan fingerprint density at radius 1 is 1.33 bits per heavy atom. The lowest BCUT2D eigenvalue weighted by molar-refractivity contribution is -0.142. The minimum Gasteiger partial charge on any atom is -0.409 e. The third kappa shape index (κ3) is 4.59. The summed E-state index contributed by atoms with van der Waals surface area (Å²) in [5, 5.41) is 12.3. The fourth-order valence-corrected chi connectivity index (χ4v) is 2.92. The number of ether oxygens (including phenoxy) is 1. The molecule has 0 bridgehead atoms. The van der Waals surface area contributed by atoms with E-state index in [9.17, 15) is 4.79 Å². The Morgan fingerprint density at radius 2 is 1.86 bits per heavy atom. The molecule has 0 saturated heterocycles. The maximum absolute atomic E-state index is 13.1. The zero-order valence-electron chi connectivity index (χ0n) is 14.1. The van der Waals surface area contributed by atoms with E-state index in [-0.39, 0.29) is 17.8 Å². The van der Waals surface area contributed by atoms with Gasteiger partial charge in [0.15, 0.2) is 5.84 Å². The van der Waals surface area contributed by atoms with E-state index in [2.05, 4.69) is 5.16 Å². The van der Waals surface area contributed by atoms with E-state index in [1.165, 1.54) is 0 Å². The summed E-state index contributed by atoms with van der Waals surface area (Å²) in [6, 6.07) is -0.0490. The first kappa shape index (κ1) is 19.7. The van der Waals surface area contributed by atoms with Gasteiger partial charge >= 0.3 is 0 Å². The van der Waals surface area contributed by atoms with Crippen LogP contribution in [0.5, 0.6) is 0 Å². The van der Waals surface area contributed by atoms with E-state index in [1.807, 2.05) is 27.7 Å². The van der Waals surface area contributed by atoms with Crippen molar-refractivity contribution in [2.75, 3.05) is 20.3 Å². The first-order chi connectivity index (χ1) is 9.94. The Hall–Kier alpha value is -1.30. The number of nitrogens with zero attached hydrogens (tertiary/aromatic N) is 2. The second-order valence-electron chi connectivity index (χ2n) is 5.46. The molecule has 3 N–H and O–H groups in total. The Bertz CT molecular complexity index is 339. The summed E-state index contributed by atoms with van der Waals surface area (Å²) < 4.78 is 5.15. The van der Waals surface area contributed by atoms with Gasteiger partial charge in [-0.25, -0.2) is 0 Å². The van der Waals surface area contributed by atoms with Gasteiger partial charge in [0, 0.05) is 13.7 Å². The van der Waals surface area contributed by atoms with Crippen LogP contribution in [-0.4, -0.2) is 48.2 Å². The van der Waals surface area contributed by atoms with Crippen LogP contribution in [0.4, 0.5) is 0 Å². The maximum atomic E-state index is 13.1. The lowest BCUT2D eigenvalue weighted by Crippen LogP contribution is -2.54. The predicted octanol–water partition coefficient (Wildman–Crippen LogP) is 2.20. The predicted molar refractivity (Wildman–Crippen MR) is 84.4 cm³/mol. The highest BCUT2D eigenvalue weighted by Gasteiger charge is 2.44. The highest BCUT2D eigenvalue weighted by Crippen LogP contribution is 2.33. The molecular formula is C15H31N3O3. The Labute approximate surface area is 128 Å². The van der Waals surface area contributed by atoms with Crippen LogP contribution in [0.3, 0.4) is 0 Å². The molecule has 6 heteroatoms. The van der Waals surface area contributed by atoms with Gasteiger partial charge in [0.2, 0.25) is 5.91 Å². The van der Waals surface area contributed by atoms with Crippen molar-refractivity contribution < 1.29 is 14.7 Å². The van der Waals surface area contributed by atoms with Crippen molar-refractivity contribution in [1.29, 1.82) is 0 Å². The van der Waals surface area contributed by atoms with Gasteiger partial charge in [-0.3, -0.25) is 4.79 Å².